The van der Waals surface area contributed by atoms with E-state index < -0.39 is 0 Å². The molecular weight excluding hydrogens is 322 g/mol. The lowest BCUT2D eigenvalue weighted by Gasteiger charge is -2.34. The highest BCUT2D eigenvalue weighted by Gasteiger charge is 2.23. The summed E-state index contributed by atoms with van der Waals surface area (Å²) >= 11 is 0. The van der Waals surface area contributed by atoms with E-state index >= 15 is 0 Å². The zero-order valence-corrected chi connectivity index (χ0v) is 15.1. The normalized spacial score (nSPS) is 15.3. The number of carbonyl (C=O) groups excluding carboxylic acids is 1. The van der Waals surface area contributed by atoms with Gasteiger partial charge in [0.25, 0.3) is 5.91 Å². The topological polar surface area (TPSA) is 36.4 Å². The summed E-state index contributed by atoms with van der Waals surface area (Å²) in [7, 11) is 0. The Balaban J connectivity index is 1.40. The molecule has 2 heterocycles. The van der Waals surface area contributed by atoms with Crippen LogP contribution in [0.4, 0.5) is 0 Å². The number of aromatic nitrogens is 1. The van der Waals surface area contributed by atoms with Crippen LogP contribution in [0.25, 0.3) is 10.8 Å². The fraction of sp³-hybridized carbons (Fsp3) is 0.273. The molecule has 4 nitrogen and oxygen atoms in total. The van der Waals surface area contributed by atoms with Crippen LogP contribution in [0.1, 0.15) is 21.6 Å². The van der Waals surface area contributed by atoms with E-state index in [1.54, 1.807) is 6.20 Å². The molecule has 0 spiro atoms. The van der Waals surface area contributed by atoms with Crippen molar-refractivity contribution in [3.8, 4) is 0 Å². The van der Waals surface area contributed by atoms with Gasteiger partial charge in [0, 0.05) is 44.3 Å². The first-order chi connectivity index (χ1) is 12.7. The maximum atomic E-state index is 12.8. The highest BCUT2D eigenvalue weighted by atomic mass is 16.2. The third-order valence-corrected chi connectivity index (χ3v) is 5.16. The van der Waals surface area contributed by atoms with Crippen molar-refractivity contribution in [3.63, 3.8) is 0 Å². The van der Waals surface area contributed by atoms with Crippen LogP contribution in [-0.2, 0) is 6.54 Å². The molecule has 1 amide bonds. The van der Waals surface area contributed by atoms with Gasteiger partial charge in [0.2, 0.25) is 0 Å². The van der Waals surface area contributed by atoms with Gasteiger partial charge in [-0.25, -0.2) is 0 Å². The standard InChI is InChI=1S/C22H23N3O/c1-17-6-2-3-9-20(17)16-24-10-12-25(13-11-24)22(26)21-14-18-7-4-5-8-19(18)15-23-21/h2-9,14-15H,10-13,16H2,1H3. The molecule has 2 aromatic carbocycles. The van der Waals surface area contributed by atoms with E-state index in [0.717, 1.165) is 43.5 Å². The maximum Gasteiger partial charge on any atom is 0.272 e. The average Bonchev–Trinajstić information content (AvgIpc) is 2.69. The lowest BCUT2D eigenvalue weighted by molar-refractivity contribution is 0.0622. The van der Waals surface area contributed by atoms with Gasteiger partial charge in [0.05, 0.1) is 0 Å². The van der Waals surface area contributed by atoms with Crippen molar-refractivity contribution in [2.75, 3.05) is 26.2 Å². The second-order valence-electron chi connectivity index (χ2n) is 6.91. The number of rotatable bonds is 3. The molecule has 4 heteroatoms. The van der Waals surface area contributed by atoms with Crippen molar-refractivity contribution in [2.45, 2.75) is 13.5 Å². The van der Waals surface area contributed by atoms with E-state index in [2.05, 4.69) is 41.1 Å². The van der Waals surface area contributed by atoms with E-state index in [9.17, 15) is 4.79 Å². The quantitative estimate of drug-likeness (QED) is 0.729. The second kappa shape index (κ2) is 7.26. The third kappa shape index (κ3) is 3.46. The summed E-state index contributed by atoms with van der Waals surface area (Å²) in [5, 5.41) is 2.12. The van der Waals surface area contributed by atoms with Gasteiger partial charge in [0.1, 0.15) is 5.69 Å². The minimum absolute atomic E-state index is 0.0336. The van der Waals surface area contributed by atoms with Crippen LogP contribution < -0.4 is 0 Å². The van der Waals surface area contributed by atoms with Gasteiger partial charge in [-0.2, -0.15) is 0 Å². The number of nitrogens with zero attached hydrogens (tertiary/aromatic N) is 3. The molecule has 26 heavy (non-hydrogen) atoms. The molecule has 0 saturated carbocycles. The van der Waals surface area contributed by atoms with E-state index in [4.69, 9.17) is 0 Å². The van der Waals surface area contributed by atoms with Crippen LogP contribution in [0.5, 0.6) is 0 Å². The number of aryl methyl sites for hydroxylation is 1. The van der Waals surface area contributed by atoms with Gasteiger partial charge in [-0.3, -0.25) is 14.7 Å². The first-order valence-corrected chi connectivity index (χ1v) is 9.11. The predicted octanol–water partition coefficient (Wildman–Crippen LogP) is 3.50. The molecule has 0 unspecified atom stereocenters. The summed E-state index contributed by atoms with van der Waals surface area (Å²) in [5.74, 6) is 0.0336. The zero-order chi connectivity index (χ0) is 17.9. The van der Waals surface area contributed by atoms with Crippen LogP contribution in [0.2, 0.25) is 0 Å². The highest BCUT2D eigenvalue weighted by Crippen LogP contribution is 2.16. The number of amides is 1. The molecule has 3 aromatic rings. The number of hydrogen-bond donors (Lipinski definition) is 0. The van der Waals surface area contributed by atoms with Gasteiger partial charge in [-0.15, -0.1) is 0 Å². The Morgan fingerprint density at radius 1 is 0.962 bits per heavy atom. The van der Waals surface area contributed by atoms with E-state index in [1.807, 2.05) is 35.2 Å². The van der Waals surface area contributed by atoms with Gasteiger partial charge in [-0.05, 0) is 29.5 Å². The van der Waals surface area contributed by atoms with Gasteiger partial charge in [0.15, 0.2) is 0 Å². The molecule has 1 aromatic heterocycles. The monoisotopic (exact) mass is 345 g/mol. The maximum absolute atomic E-state index is 12.8. The Bertz CT molecular complexity index is 929. The lowest BCUT2D eigenvalue weighted by Crippen LogP contribution is -2.48. The molecule has 1 saturated heterocycles. The van der Waals surface area contributed by atoms with Crippen molar-refractivity contribution in [1.82, 2.24) is 14.8 Å². The van der Waals surface area contributed by atoms with Crippen LogP contribution in [0.15, 0.2) is 60.8 Å². The minimum atomic E-state index is 0.0336. The highest BCUT2D eigenvalue weighted by molar-refractivity contribution is 5.96. The predicted molar refractivity (Wildman–Crippen MR) is 104 cm³/mol. The summed E-state index contributed by atoms with van der Waals surface area (Å²) in [4.78, 5) is 21.5. The van der Waals surface area contributed by atoms with Crippen LogP contribution in [0, 0.1) is 6.92 Å². The molecule has 1 aliphatic rings. The lowest BCUT2D eigenvalue weighted by atomic mass is 10.1. The fourth-order valence-corrected chi connectivity index (χ4v) is 3.50. The summed E-state index contributed by atoms with van der Waals surface area (Å²) in [6.45, 7) is 6.39. The molecule has 1 aliphatic heterocycles. The van der Waals surface area contributed by atoms with Crippen molar-refractivity contribution in [3.05, 3.63) is 77.6 Å². The van der Waals surface area contributed by atoms with Crippen molar-refractivity contribution < 1.29 is 4.79 Å². The van der Waals surface area contributed by atoms with Gasteiger partial charge in [-0.1, -0.05) is 48.5 Å². The summed E-state index contributed by atoms with van der Waals surface area (Å²) < 4.78 is 0. The molecule has 132 valence electrons. The molecule has 4 rings (SSSR count). The Hall–Kier alpha value is -2.72. The molecular formula is C22H23N3O. The largest absolute Gasteiger partial charge is 0.335 e. The first kappa shape index (κ1) is 16.7. The van der Waals surface area contributed by atoms with Crippen LogP contribution in [0.3, 0.4) is 0 Å². The zero-order valence-electron chi connectivity index (χ0n) is 15.1. The molecule has 1 fully saturated rings. The molecule has 0 radical (unpaired) electrons. The second-order valence-corrected chi connectivity index (χ2v) is 6.91. The third-order valence-electron chi connectivity index (χ3n) is 5.16. The van der Waals surface area contributed by atoms with E-state index in [-0.39, 0.29) is 5.91 Å². The fourth-order valence-electron chi connectivity index (χ4n) is 3.50. The smallest absolute Gasteiger partial charge is 0.272 e. The Morgan fingerprint density at radius 2 is 1.65 bits per heavy atom. The minimum Gasteiger partial charge on any atom is -0.335 e. The molecule has 0 N–H and O–H groups in total. The molecule has 0 aliphatic carbocycles. The summed E-state index contributed by atoms with van der Waals surface area (Å²) in [6, 6.07) is 18.4. The van der Waals surface area contributed by atoms with Crippen LogP contribution in [-0.4, -0.2) is 46.9 Å². The van der Waals surface area contributed by atoms with Gasteiger partial charge >= 0.3 is 0 Å². The molecule has 0 atom stereocenters. The van der Waals surface area contributed by atoms with Crippen molar-refractivity contribution >= 4 is 16.7 Å². The Labute approximate surface area is 154 Å². The summed E-state index contributed by atoms with van der Waals surface area (Å²) in [6.07, 6.45) is 1.79. The number of benzene rings is 2. The summed E-state index contributed by atoms with van der Waals surface area (Å²) in [5.41, 5.74) is 3.23. The van der Waals surface area contributed by atoms with Crippen molar-refractivity contribution in [1.29, 1.82) is 0 Å². The van der Waals surface area contributed by atoms with E-state index in [0.29, 0.717) is 5.69 Å². The average molecular weight is 345 g/mol. The number of pyridine rings is 1. The van der Waals surface area contributed by atoms with Crippen LogP contribution >= 0.6 is 0 Å². The van der Waals surface area contributed by atoms with Gasteiger partial charge < -0.3 is 4.90 Å². The number of carbonyl (C=O) groups is 1. The molecule has 0 bridgehead atoms. The first-order valence-electron chi connectivity index (χ1n) is 9.11. The Kier molecular flexibility index (Phi) is 4.67. The van der Waals surface area contributed by atoms with Crippen molar-refractivity contribution in [2.24, 2.45) is 0 Å². The number of piperazine rings is 1. The Morgan fingerprint density at radius 3 is 2.42 bits per heavy atom. The number of fused-ring (bicyclic) bond motifs is 1. The van der Waals surface area contributed by atoms with E-state index in [1.165, 1.54) is 11.1 Å². The number of hydrogen-bond acceptors (Lipinski definition) is 3. The SMILES string of the molecule is Cc1ccccc1CN1CCN(C(=O)c2cc3ccccc3cn2)CC1.